The van der Waals surface area contributed by atoms with Crippen molar-refractivity contribution in [3.05, 3.63) is 24.3 Å². The number of thioether (sulfide) groups is 1. The molecule has 8 nitrogen and oxygen atoms in total. The third-order valence-corrected chi connectivity index (χ3v) is 3.75. The Balaban J connectivity index is 2.00. The van der Waals surface area contributed by atoms with Gasteiger partial charge in [0.15, 0.2) is 0 Å². The molecule has 1 amide bonds. The van der Waals surface area contributed by atoms with Gasteiger partial charge in [-0.1, -0.05) is 11.8 Å². The summed E-state index contributed by atoms with van der Waals surface area (Å²) in [5, 5.41) is 29.7. The Kier molecular flexibility index (Phi) is 5.32. The van der Waals surface area contributed by atoms with Crippen LogP contribution in [0.2, 0.25) is 0 Å². The fraction of sp³-hybridized carbons (Fsp3) is 0.308. The molecule has 2 aromatic rings. The number of benzene rings is 1. The van der Waals surface area contributed by atoms with Gasteiger partial charge in [0.05, 0.1) is 23.9 Å². The number of carbonyl (C=O) groups is 1. The maximum absolute atomic E-state index is 11.9. The van der Waals surface area contributed by atoms with Gasteiger partial charge in [-0.25, -0.2) is 0 Å². The SMILES string of the molecule is CN(CCC#N)C(=O)CSc1nnnn1-c1ccc(O)cc1. The highest BCUT2D eigenvalue weighted by Crippen LogP contribution is 2.20. The number of hydrogen-bond acceptors (Lipinski definition) is 7. The van der Waals surface area contributed by atoms with Crippen LogP contribution in [-0.4, -0.2) is 55.5 Å². The second-order valence-corrected chi connectivity index (χ2v) is 5.34. The normalized spacial score (nSPS) is 10.2. The number of phenolic OH excluding ortho intramolecular Hbond substituents is 1. The van der Waals surface area contributed by atoms with Gasteiger partial charge in [-0.2, -0.15) is 9.94 Å². The number of aromatic hydroxyl groups is 1. The van der Waals surface area contributed by atoms with Crippen LogP contribution in [0.15, 0.2) is 29.4 Å². The van der Waals surface area contributed by atoms with Crippen LogP contribution in [0.4, 0.5) is 0 Å². The molecule has 0 saturated carbocycles. The van der Waals surface area contributed by atoms with Gasteiger partial charge in [-0.15, -0.1) is 5.10 Å². The summed E-state index contributed by atoms with van der Waals surface area (Å²) in [6, 6.07) is 8.42. The van der Waals surface area contributed by atoms with Gasteiger partial charge in [0.2, 0.25) is 11.1 Å². The maximum Gasteiger partial charge on any atom is 0.232 e. The van der Waals surface area contributed by atoms with Crippen molar-refractivity contribution in [1.29, 1.82) is 5.26 Å². The first kappa shape index (κ1) is 15.8. The van der Waals surface area contributed by atoms with Crippen LogP contribution in [0, 0.1) is 11.3 Å². The lowest BCUT2D eigenvalue weighted by molar-refractivity contribution is -0.127. The quantitative estimate of drug-likeness (QED) is 0.786. The first-order valence-electron chi connectivity index (χ1n) is 6.43. The molecular weight excluding hydrogens is 304 g/mol. The van der Waals surface area contributed by atoms with E-state index < -0.39 is 0 Å². The summed E-state index contributed by atoms with van der Waals surface area (Å²) in [6.07, 6.45) is 0.304. The van der Waals surface area contributed by atoms with Crippen molar-refractivity contribution < 1.29 is 9.90 Å². The van der Waals surface area contributed by atoms with E-state index in [4.69, 9.17) is 5.26 Å². The van der Waals surface area contributed by atoms with E-state index in [1.54, 1.807) is 19.2 Å². The highest BCUT2D eigenvalue weighted by Gasteiger charge is 2.14. The molecule has 0 spiro atoms. The molecule has 9 heteroatoms. The molecule has 0 aliphatic rings. The zero-order valence-corrected chi connectivity index (χ0v) is 12.7. The number of tetrazole rings is 1. The lowest BCUT2D eigenvalue weighted by Gasteiger charge is -2.14. The molecule has 0 saturated heterocycles. The molecule has 0 fully saturated rings. The van der Waals surface area contributed by atoms with E-state index in [2.05, 4.69) is 15.5 Å². The lowest BCUT2D eigenvalue weighted by atomic mass is 10.3. The Hall–Kier alpha value is -2.60. The van der Waals surface area contributed by atoms with Crippen molar-refractivity contribution in [1.82, 2.24) is 25.1 Å². The Labute approximate surface area is 131 Å². The molecule has 0 aliphatic carbocycles. The number of carbonyl (C=O) groups excluding carboxylic acids is 1. The highest BCUT2D eigenvalue weighted by molar-refractivity contribution is 7.99. The van der Waals surface area contributed by atoms with E-state index >= 15 is 0 Å². The van der Waals surface area contributed by atoms with Crippen LogP contribution in [0.5, 0.6) is 5.75 Å². The molecule has 1 aromatic carbocycles. The summed E-state index contributed by atoms with van der Waals surface area (Å²) in [7, 11) is 1.66. The number of amides is 1. The third-order valence-electron chi connectivity index (χ3n) is 2.84. The third kappa shape index (κ3) is 3.95. The molecule has 0 unspecified atom stereocenters. The van der Waals surface area contributed by atoms with Gasteiger partial charge in [0.1, 0.15) is 5.75 Å². The molecule has 1 N–H and O–H groups in total. The number of nitrogens with zero attached hydrogens (tertiary/aromatic N) is 6. The monoisotopic (exact) mass is 318 g/mol. The van der Waals surface area contributed by atoms with Gasteiger partial charge >= 0.3 is 0 Å². The Morgan fingerprint density at radius 1 is 1.45 bits per heavy atom. The summed E-state index contributed by atoms with van der Waals surface area (Å²) in [5.74, 6) is 0.237. The zero-order chi connectivity index (χ0) is 15.9. The Morgan fingerprint density at radius 3 is 2.86 bits per heavy atom. The number of rotatable bonds is 6. The molecule has 22 heavy (non-hydrogen) atoms. The topological polar surface area (TPSA) is 108 Å². The van der Waals surface area contributed by atoms with Crippen LogP contribution in [0.3, 0.4) is 0 Å². The largest absolute Gasteiger partial charge is 0.508 e. The van der Waals surface area contributed by atoms with E-state index in [-0.39, 0.29) is 17.4 Å². The molecule has 0 atom stereocenters. The van der Waals surface area contributed by atoms with E-state index in [0.29, 0.717) is 23.8 Å². The van der Waals surface area contributed by atoms with Gasteiger partial charge in [-0.05, 0) is 34.7 Å². The Morgan fingerprint density at radius 2 is 2.18 bits per heavy atom. The molecule has 0 aliphatic heterocycles. The van der Waals surface area contributed by atoms with Crippen molar-refractivity contribution in [2.75, 3.05) is 19.3 Å². The lowest BCUT2D eigenvalue weighted by Crippen LogP contribution is -2.29. The minimum atomic E-state index is -0.0968. The summed E-state index contributed by atoms with van der Waals surface area (Å²) in [5.41, 5.74) is 0.690. The molecule has 0 bridgehead atoms. The van der Waals surface area contributed by atoms with E-state index in [1.807, 2.05) is 6.07 Å². The molecule has 2 rings (SSSR count). The van der Waals surface area contributed by atoms with Crippen molar-refractivity contribution in [3.63, 3.8) is 0 Å². The van der Waals surface area contributed by atoms with Crippen molar-refractivity contribution in [3.8, 4) is 17.5 Å². The first-order chi connectivity index (χ1) is 10.6. The van der Waals surface area contributed by atoms with Gasteiger partial charge < -0.3 is 10.0 Å². The summed E-state index contributed by atoms with van der Waals surface area (Å²) in [4.78, 5) is 13.4. The molecule has 0 radical (unpaired) electrons. The van der Waals surface area contributed by atoms with Crippen molar-refractivity contribution in [2.45, 2.75) is 11.6 Å². The molecular formula is C13H14N6O2S. The van der Waals surface area contributed by atoms with Gasteiger partial charge in [0.25, 0.3) is 0 Å². The summed E-state index contributed by atoms with van der Waals surface area (Å²) < 4.78 is 1.49. The fourth-order valence-corrected chi connectivity index (χ4v) is 2.44. The minimum Gasteiger partial charge on any atom is -0.508 e. The van der Waals surface area contributed by atoms with Gasteiger partial charge in [-0.3, -0.25) is 4.79 Å². The second-order valence-electron chi connectivity index (χ2n) is 4.40. The molecule has 114 valence electrons. The van der Waals surface area contributed by atoms with E-state index in [1.165, 1.54) is 33.5 Å². The summed E-state index contributed by atoms with van der Waals surface area (Å²) in [6.45, 7) is 0.402. The predicted molar refractivity (Wildman–Crippen MR) is 79.4 cm³/mol. The van der Waals surface area contributed by atoms with Gasteiger partial charge in [0, 0.05) is 13.6 Å². The summed E-state index contributed by atoms with van der Waals surface area (Å²) >= 11 is 1.21. The van der Waals surface area contributed by atoms with E-state index in [0.717, 1.165) is 0 Å². The predicted octanol–water partition coefficient (Wildman–Crippen LogP) is 0.832. The zero-order valence-electron chi connectivity index (χ0n) is 11.9. The number of nitriles is 1. The highest BCUT2D eigenvalue weighted by atomic mass is 32.2. The Bertz CT molecular complexity index is 679. The van der Waals surface area contributed by atoms with Crippen molar-refractivity contribution >= 4 is 17.7 Å². The standard InChI is InChI=1S/C13H14N6O2S/c1-18(8-2-7-14)12(21)9-22-13-15-16-17-19(13)10-3-5-11(20)6-4-10/h3-6,20H,2,8-9H2,1H3. The van der Waals surface area contributed by atoms with Crippen LogP contribution < -0.4 is 0 Å². The number of hydrogen-bond donors (Lipinski definition) is 1. The molecule has 1 heterocycles. The molecule has 1 aromatic heterocycles. The average Bonchev–Trinajstić information content (AvgIpc) is 2.99. The van der Waals surface area contributed by atoms with E-state index in [9.17, 15) is 9.90 Å². The average molecular weight is 318 g/mol. The fourth-order valence-electron chi connectivity index (χ4n) is 1.60. The minimum absolute atomic E-state index is 0.0968. The maximum atomic E-state index is 11.9. The number of aromatic nitrogens is 4. The first-order valence-corrected chi connectivity index (χ1v) is 7.42. The van der Waals surface area contributed by atoms with Crippen LogP contribution >= 0.6 is 11.8 Å². The van der Waals surface area contributed by atoms with Crippen LogP contribution in [-0.2, 0) is 4.79 Å². The van der Waals surface area contributed by atoms with Crippen LogP contribution in [0.1, 0.15) is 6.42 Å². The number of phenols is 1. The van der Waals surface area contributed by atoms with Crippen molar-refractivity contribution in [2.24, 2.45) is 0 Å². The smallest absolute Gasteiger partial charge is 0.232 e. The second kappa shape index (κ2) is 7.42. The van der Waals surface area contributed by atoms with Crippen LogP contribution in [0.25, 0.3) is 5.69 Å².